The molecular formula is C15H26N2O. The predicted octanol–water partition coefficient (Wildman–Crippen LogP) is 3.74. The molecule has 1 saturated carbocycles. The smallest absolute Gasteiger partial charge is 0.208 e. The van der Waals surface area contributed by atoms with Gasteiger partial charge in [-0.2, -0.15) is 0 Å². The van der Waals surface area contributed by atoms with Crippen molar-refractivity contribution in [3.8, 4) is 0 Å². The summed E-state index contributed by atoms with van der Waals surface area (Å²) in [7, 11) is 0. The molecule has 0 amide bonds. The lowest BCUT2D eigenvalue weighted by atomic mass is 9.98. The van der Waals surface area contributed by atoms with E-state index in [2.05, 4.69) is 17.2 Å². The molecule has 1 N–H and O–H groups in total. The second kappa shape index (κ2) is 6.37. The zero-order valence-corrected chi connectivity index (χ0v) is 12.0. The minimum absolute atomic E-state index is 0.647. The van der Waals surface area contributed by atoms with Crippen molar-refractivity contribution < 1.29 is 4.42 Å². The number of aromatic nitrogens is 1. The van der Waals surface area contributed by atoms with Gasteiger partial charge in [0.05, 0.1) is 12.2 Å². The Morgan fingerprint density at radius 1 is 1.22 bits per heavy atom. The summed E-state index contributed by atoms with van der Waals surface area (Å²) >= 11 is 0. The maximum absolute atomic E-state index is 5.61. The minimum atomic E-state index is 0.647. The molecular weight excluding hydrogens is 224 g/mol. The highest BCUT2D eigenvalue weighted by molar-refractivity contribution is 5.05. The molecule has 3 heteroatoms. The van der Waals surface area contributed by atoms with Crippen molar-refractivity contribution in [2.24, 2.45) is 5.92 Å². The molecule has 0 radical (unpaired) electrons. The van der Waals surface area contributed by atoms with E-state index in [9.17, 15) is 0 Å². The molecule has 1 fully saturated rings. The third kappa shape index (κ3) is 3.58. The van der Waals surface area contributed by atoms with Gasteiger partial charge in [-0.3, -0.25) is 0 Å². The Morgan fingerprint density at radius 3 is 2.72 bits per heavy atom. The monoisotopic (exact) mass is 250 g/mol. The lowest BCUT2D eigenvalue weighted by Crippen LogP contribution is -2.28. The maximum Gasteiger partial charge on any atom is 0.208 e. The Balaban J connectivity index is 1.79. The molecule has 2 atom stereocenters. The summed E-state index contributed by atoms with van der Waals surface area (Å²) in [5, 5.41) is 3.61. The van der Waals surface area contributed by atoms with E-state index in [1.807, 2.05) is 13.8 Å². The summed E-state index contributed by atoms with van der Waals surface area (Å²) in [5.41, 5.74) is 1.01. The van der Waals surface area contributed by atoms with Crippen LogP contribution >= 0.6 is 0 Å². The van der Waals surface area contributed by atoms with E-state index in [0.717, 1.165) is 29.8 Å². The first-order valence-corrected chi connectivity index (χ1v) is 7.35. The largest absolute Gasteiger partial charge is 0.444 e. The highest BCUT2D eigenvalue weighted by Crippen LogP contribution is 2.25. The first-order chi connectivity index (χ1) is 8.69. The third-order valence-corrected chi connectivity index (χ3v) is 4.28. The summed E-state index contributed by atoms with van der Waals surface area (Å²) < 4.78 is 5.61. The van der Waals surface area contributed by atoms with Crippen molar-refractivity contribution in [1.29, 1.82) is 0 Å². The normalized spacial score (nSPS) is 25.1. The van der Waals surface area contributed by atoms with Gasteiger partial charge in [0.15, 0.2) is 0 Å². The lowest BCUT2D eigenvalue weighted by Gasteiger charge is -2.15. The number of nitrogens with zero attached hydrogens (tertiary/aromatic N) is 1. The quantitative estimate of drug-likeness (QED) is 0.827. The van der Waals surface area contributed by atoms with Gasteiger partial charge in [0.2, 0.25) is 5.89 Å². The molecule has 0 bridgehead atoms. The van der Waals surface area contributed by atoms with Crippen molar-refractivity contribution in [3.63, 3.8) is 0 Å². The second-order valence-electron chi connectivity index (χ2n) is 5.61. The molecule has 1 aliphatic rings. The van der Waals surface area contributed by atoms with Gasteiger partial charge >= 0.3 is 0 Å². The average molecular weight is 250 g/mol. The molecule has 0 spiro atoms. The van der Waals surface area contributed by atoms with Crippen molar-refractivity contribution in [2.75, 3.05) is 0 Å². The SMILES string of the molecule is CCC1CCCC(NCc2nc(C)c(C)o2)CC1. The van der Waals surface area contributed by atoms with Crippen LogP contribution in [0.15, 0.2) is 4.42 Å². The molecule has 0 saturated heterocycles. The second-order valence-corrected chi connectivity index (χ2v) is 5.61. The van der Waals surface area contributed by atoms with Crippen molar-refractivity contribution in [3.05, 3.63) is 17.3 Å². The van der Waals surface area contributed by atoms with E-state index in [4.69, 9.17) is 4.42 Å². The van der Waals surface area contributed by atoms with E-state index >= 15 is 0 Å². The Kier molecular flexibility index (Phi) is 4.81. The van der Waals surface area contributed by atoms with Gasteiger partial charge in [0.25, 0.3) is 0 Å². The molecule has 1 aromatic heterocycles. The first kappa shape index (κ1) is 13.6. The summed E-state index contributed by atoms with van der Waals surface area (Å²) in [6.45, 7) is 7.07. The highest BCUT2D eigenvalue weighted by Gasteiger charge is 2.18. The fraction of sp³-hybridized carbons (Fsp3) is 0.800. The summed E-state index contributed by atoms with van der Waals surface area (Å²) in [4.78, 5) is 4.42. The van der Waals surface area contributed by atoms with Crippen LogP contribution in [0.25, 0.3) is 0 Å². The van der Waals surface area contributed by atoms with Crippen LogP contribution in [-0.2, 0) is 6.54 Å². The molecule has 102 valence electrons. The number of rotatable bonds is 4. The van der Waals surface area contributed by atoms with Crippen molar-refractivity contribution in [2.45, 2.75) is 71.9 Å². The number of oxazole rings is 1. The van der Waals surface area contributed by atoms with Gasteiger partial charge in [0, 0.05) is 6.04 Å². The summed E-state index contributed by atoms with van der Waals surface area (Å²) in [6.07, 6.45) is 8.08. The van der Waals surface area contributed by atoms with Crippen LogP contribution in [0, 0.1) is 19.8 Å². The third-order valence-electron chi connectivity index (χ3n) is 4.28. The number of hydrogen-bond acceptors (Lipinski definition) is 3. The lowest BCUT2D eigenvalue weighted by molar-refractivity contribution is 0.392. The molecule has 3 nitrogen and oxygen atoms in total. The fourth-order valence-corrected chi connectivity index (χ4v) is 2.84. The van der Waals surface area contributed by atoms with Gasteiger partial charge in [-0.05, 0) is 39.0 Å². The maximum atomic E-state index is 5.61. The van der Waals surface area contributed by atoms with Crippen LogP contribution in [-0.4, -0.2) is 11.0 Å². The number of hydrogen-bond donors (Lipinski definition) is 1. The standard InChI is InChI=1S/C15H26N2O/c1-4-13-6-5-7-14(9-8-13)16-10-15-17-11(2)12(3)18-15/h13-14,16H,4-10H2,1-3H3. The van der Waals surface area contributed by atoms with Crippen LogP contribution < -0.4 is 5.32 Å². The van der Waals surface area contributed by atoms with E-state index in [-0.39, 0.29) is 0 Å². The molecule has 18 heavy (non-hydrogen) atoms. The topological polar surface area (TPSA) is 38.1 Å². The molecule has 0 aromatic carbocycles. The van der Waals surface area contributed by atoms with Gasteiger partial charge in [0.1, 0.15) is 5.76 Å². The van der Waals surface area contributed by atoms with Gasteiger partial charge in [-0.1, -0.05) is 26.2 Å². The van der Waals surface area contributed by atoms with Crippen LogP contribution in [0.2, 0.25) is 0 Å². The van der Waals surface area contributed by atoms with Gasteiger partial charge < -0.3 is 9.73 Å². The van der Waals surface area contributed by atoms with Crippen LogP contribution in [0.1, 0.15) is 62.8 Å². The summed E-state index contributed by atoms with van der Waals surface area (Å²) in [6, 6.07) is 0.647. The van der Waals surface area contributed by atoms with E-state index in [1.165, 1.54) is 38.5 Å². The minimum Gasteiger partial charge on any atom is -0.444 e. The zero-order chi connectivity index (χ0) is 13.0. The first-order valence-electron chi connectivity index (χ1n) is 7.35. The molecule has 1 heterocycles. The number of nitrogens with one attached hydrogen (secondary N) is 1. The number of aryl methyl sites for hydroxylation is 2. The van der Waals surface area contributed by atoms with Crippen molar-refractivity contribution >= 4 is 0 Å². The molecule has 1 aliphatic carbocycles. The van der Waals surface area contributed by atoms with E-state index in [1.54, 1.807) is 0 Å². The van der Waals surface area contributed by atoms with E-state index < -0.39 is 0 Å². The summed E-state index contributed by atoms with van der Waals surface area (Å²) in [5.74, 6) is 2.73. The van der Waals surface area contributed by atoms with Crippen LogP contribution in [0.3, 0.4) is 0 Å². The van der Waals surface area contributed by atoms with E-state index in [0.29, 0.717) is 6.04 Å². The zero-order valence-electron chi connectivity index (χ0n) is 12.0. The Labute approximate surface area is 110 Å². The van der Waals surface area contributed by atoms with Gasteiger partial charge in [-0.15, -0.1) is 0 Å². The molecule has 1 aromatic rings. The molecule has 2 unspecified atom stereocenters. The Morgan fingerprint density at radius 2 is 2.06 bits per heavy atom. The highest BCUT2D eigenvalue weighted by atomic mass is 16.4. The van der Waals surface area contributed by atoms with Crippen LogP contribution in [0.5, 0.6) is 0 Å². The average Bonchev–Trinajstić information content (AvgIpc) is 2.57. The molecule has 0 aliphatic heterocycles. The Bertz CT molecular complexity index is 353. The Hall–Kier alpha value is -0.830. The van der Waals surface area contributed by atoms with Crippen LogP contribution in [0.4, 0.5) is 0 Å². The van der Waals surface area contributed by atoms with Gasteiger partial charge in [-0.25, -0.2) is 4.98 Å². The predicted molar refractivity (Wildman–Crippen MR) is 73.5 cm³/mol. The van der Waals surface area contributed by atoms with Crippen molar-refractivity contribution in [1.82, 2.24) is 10.3 Å². The molecule has 2 rings (SSSR count). The fourth-order valence-electron chi connectivity index (χ4n) is 2.84.